The molecule has 0 amide bonds. The molecule has 0 aliphatic carbocycles. The minimum absolute atomic E-state index is 0.0344. The molecule has 0 bridgehead atoms. The van der Waals surface area contributed by atoms with Gasteiger partial charge in [0.05, 0.1) is 17.5 Å². The van der Waals surface area contributed by atoms with Gasteiger partial charge in [-0.25, -0.2) is 13.8 Å². The first kappa shape index (κ1) is 12.5. The van der Waals surface area contributed by atoms with Gasteiger partial charge in [0.2, 0.25) is 0 Å². The van der Waals surface area contributed by atoms with Crippen molar-refractivity contribution in [2.24, 2.45) is 0 Å². The molecule has 0 spiro atoms. The van der Waals surface area contributed by atoms with E-state index in [-0.39, 0.29) is 15.7 Å². The Morgan fingerprint density at radius 2 is 2.31 bits per heavy atom. The Balaban J connectivity index is 3.39. The molecule has 1 N–H and O–H groups in total. The quantitative estimate of drug-likeness (QED) is 0.867. The summed E-state index contributed by atoms with van der Waals surface area (Å²) >= 11 is 2.93. The molecular formula is C9H5BrF2N2O2. The zero-order valence-corrected chi connectivity index (χ0v) is 9.33. The van der Waals surface area contributed by atoms with Crippen molar-refractivity contribution in [2.75, 3.05) is 0 Å². The standard InChI is InChI=1S/C9H5BrF2N2O2/c10-8-4(1-7(15)16)5(2-13)6(3-14-8)9(11)12/h3,9H,1H2,(H,15,16). The highest BCUT2D eigenvalue weighted by molar-refractivity contribution is 9.10. The highest BCUT2D eigenvalue weighted by Crippen LogP contribution is 2.28. The van der Waals surface area contributed by atoms with Crippen LogP contribution in [0, 0.1) is 11.3 Å². The van der Waals surface area contributed by atoms with Gasteiger partial charge < -0.3 is 5.11 Å². The largest absolute Gasteiger partial charge is 0.481 e. The molecule has 4 nitrogen and oxygen atoms in total. The van der Waals surface area contributed by atoms with Crippen molar-refractivity contribution in [3.8, 4) is 6.07 Å². The van der Waals surface area contributed by atoms with Gasteiger partial charge in [0, 0.05) is 11.8 Å². The zero-order chi connectivity index (χ0) is 12.3. The Bertz CT molecular complexity index is 471. The van der Waals surface area contributed by atoms with Crippen molar-refractivity contribution >= 4 is 21.9 Å². The third-order valence-corrected chi connectivity index (χ3v) is 2.51. The van der Waals surface area contributed by atoms with E-state index >= 15 is 0 Å². The van der Waals surface area contributed by atoms with Crippen molar-refractivity contribution in [3.63, 3.8) is 0 Å². The first-order valence-electron chi connectivity index (χ1n) is 4.04. The maximum absolute atomic E-state index is 12.5. The molecule has 0 unspecified atom stereocenters. The van der Waals surface area contributed by atoms with E-state index in [1.54, 1.807) is 6.07 Å². The SMILES string of the molecule is N#Cc1c(C(F)F)cnc(Br)c1CC(=O)O. The number of aromatic nitrogens is 1. The van der Waals surface area contributed by atoms with E-state index in [9.17, 15) is 13.6 Å². The number of carboxylic acids is 1. The minimum Gasteiger partial charge on any atom is -0.481 e. The number of rotatable bonds is 3. The normalized spacial score (nSPS) is 10.2. The molecule has 0 aromatic carbocycles. The highest BCUT2D eigenvalue weighted by Gasteiger charge is 2.20. The molecule has 1 aromatic rings. The lowest BCUT2D eigenvalue weighted by molar-refractivity contribution is -0.136. The molecule has 84 valence electrons. The van der Waals surface area contributed by atoms with Crippen LogP contribution in [0.4, 0.5) is 8.78 Å². The molecule has 0 radical (unpaired) electrons. The molecule has 0 fully saturated rings. The Kier molecular flexibility index (Phi) is 3.90. The number of carbonyl (C=O) groups is 1. The van der Waals surface area contributed by atoms with Crippen molar-refractivity contribution < 1.29 is 18.7 Å². The van der Waals surface area contributed by atoms with E-state index in [1.165, 1.54) is 0 Å². The summed E-state index contributed by atoms with van der Waals surface area (Å²) in [6.45, 7) is 0. The summed E-state index contributed by atoms with van der Waals surface area (Å²) in [7, 11) is 0. The number of nitrogens with zero attached hydrogens (tertiary/aromatic N) is 2. The number of carboxylic acid groups (broad SMARTS) is 1. The topological polar surface area (TPSA) is 74.0 Å². The second kappa shape index (κ2) is 4.99. The third-order valence-electron chi connectivity index (χ3n) is 1.83. The van der Waals surface area contributed by atoms with Gasteiger partial charge in [0.25, 0.3) is 6.43 Å². The van der Waals surface area contributed by atoms with E-state index in [0.717, 1.165) is 6.20 Å². The van der Waals surface area contributed by atoms with Crippen LogP contribution >= 0.6 is 15.9 Å². The van der Waals surface area contributed by atoms with Crippen molar-refractivity contribution in [3.05, 3.63) is 27.5 Å². The Labute approximate surface area is 97.7 Å². The number of halogens is 3. The molecule has 1 aromatic heterocycles. The summed E-state index contributed by atoms with van der Waals surface area (Å²) in [5.41, 5.74) is -0.922. The Morgan fingerprint density at radius 1 is 1.69 bits per heavy atom. The van der Waals surface area contributed by atoms with Crippen LogP contribution in [0.1, 0.15) is 23.1 Å². The van der Waals surface area contributed by atoms with E-state index in [2.05, 4.69) is 20.9 Å². The fraction of sp³-hybridized carbons (Fsp3) is 0.222. The van der Waals surface area contributed by atoms with Gasteiger partial charge in [-0.1, -0.05) is 0 Å². The average Bonchev–Trinajstić information content (AvgIpc) is 2.19. The number of nitriles is 1. The maximum atomic E-state index is 12.5. The van der Waals surface area contributed by atoms with E-state index < -0.39 is 24.4 Å². The van der Waals surface area contributed by atoms with Crippen LogP contribution in [0.3, 0.4) is 0 Å². The lowest BCUT2D eigenvalue weighted by Gasteiger charge is -2.08. The van der Waals surface area contributed by atoms with E-state index in [1.807, 2.05) is 0 Å². The predicted molar refractivity (Wildman–Crippen MR) is 52.9 cm³/mol. The van der Waals surface area contributed by atoms with Gasteiger partial charge in [-0.15, -0.1) is 0 Å². The van der Waals surface area contributed by atoms with Crippen LogP contribution in [0.5, 0.6) is 0 Å². The first-order chi connectivity index (χ1) is 7.47. The fourth-order valence-corrected chi connectivity index (χ4v) is 1.60. The monoisotopic (exact) mass is 290 g/mol. The molecule has 1 rings (SSSR count). The van der Waals surface area contributed by atoms with Crippen LogP contribution in [-0.4, -0.2) is 16.1 Å². The molecule has 0 atom stereocenters. The zero-order valence-electron chi connectivity index (χ0n) is 7.75. The van der Waals surface area contributed by atoms with Gasteiger partial charge in [0.1, 0.15) is 10.7 Å². The predicted octanol–water partition coefficient (Wildman–Crippen LogP) is 2.28. The lowest BCUT2D eigenvalue weighted by Crippen LogP contribution is -2.07. The summed E-state index contributed by atoms with van der Waals surface area (Å²) in [5.74, 6) is -1.22. The maximum Gasteiger partial charge on any atom is 0.307 e. The Morgan fingerprint density at radius 3 is 2.75 bits per heavy atom. The number of hydrogen-bond acceptors (Lipinski definition) is 3. The highest BCUT2D eigenvalue weighted by atomic mass is 79.9. The number of pyridine rings is 1. The number of alkyl halides is 2. The number of hydrogen-bond donors (Lipinski definition) is 1. The first-order valence-corrected chi connectivity index (χ1v) is 4.84. The third kappa shape index (κ3) is 2.52. The van der Waals surface area contributed by atoms with Gasteiger partial charge in [-0.3, -0.25) is 4.79 Å². The van der Waals surface area contributed by atoms with Crippen LogP contribution in [0.2, 0.25) is 0 Å². The van der Waals surface area contributed by atoms with Gasteiger partial charge in [0.15, 0.2) is 0 Å². The van der Waals surface area contributed by atoms with Crippen LogP contribution < -0.4 is 0 Å². The average molecular weight is 291 g/mol. The second-order valence-electron chi connectivity index (χ2n) is 2.84. The summed E-state index contributed by atoms with van der Waals surface area (Å²) in [6.07, 6.45) is -2.53. The molecular weight excluding hydrogens is 286 g/mol. The summed E-state index contributed by atoms with van der Waals surface area (Å²) in [4.78, 5) is 14.1. The van der Waals surface area contributed by atoms with Crippen LogP contribution in [0.15, 0.2) is 10.8 Å². The molecule has 16 heavy (non-hydrogen) atoms. The molecule has 0 aliphatic rings. The summed E-state index contributed by atoms with van der Waals surface area (Å²) in [6, 6.07) is 1.58. The van der Waals surface area contributed by atoms with E-state index in [0.29, 0.717) is 0 Å². The van der Waals surface area contributed by atoms with Gasteiger partial charge >= 0.3 is 5.97 Å². The summed E-state index contributed by atoms with van der Waals surface area (Å²) in [5, 5.41) is 17.4. The van der Waals surface area contributed by atoms with Crippen molar-refractivity contribution in [2.45, 2.75) is 12.8 Å². The van der Waals surface area contributed by atoms with Gasteiger partial charge in [-0.05, 0) is 15.9 Å². The number of aliphatic carboxylic acids is 1. The summed E-state index contributed by atoms with van der Waals surface area (Å²) < 4.78 is 25.1. The molecule has 1 heterocycles. The molecule has 0 saturated heterocycles. The lowest BCUT2D eigenvalue weighted by atomic mass is 10.0. The second-order valence-corrected chi connectivity index (χ2v) is 3.59. The minimum atomic E-state index is -2.86. The van der Waals surface area contributed by atoms with Crippen LogP contribution in [-0.2, 0) is 11.2 Å². The van der Waals surface area contributed by atoms with Crippen molar-refractivity contribution in [1.29, 1.82) is 5.26 Å². The van der Waals surface area contributed by atoms with Gasteiger partial charge in [-0.2, -0.15) is 5.26 Å². The molecule has 0 aliphatic heterocycles. The molecule has 7 heteroatoms. The van der Waals surface area contributed by atoms with Crippen LogP contribution in [0.25, 0.3) is 0 Å². The van der Waals surface area contributed by atoms with E-state index in [4.69, 9.17) is 10.4 Å². The van der Waals surface area contributed by atoms with Crippen molar-refractivity contribution in [1.82, 2.24) is 4.98 Å². The Hall–Kier alpha value is -1.55. The fourth-order valence-electron chi connectivity index (χ4n) is 1.16. The smallest absolute Gasteiger partial charge is 0.307 e. The molecule has 0 saturated carbocycles.